The Kier molecular flexibility index (Phi) is 7.27. The second-order valence-corrected chi connectivity index (χ2v) is 5.37. The first-order valence-electron chi connectivity index (χ1n) is 6.25. The fraction of sp³-hybridized carbons (Fsp3) is 0.400. The van der Waals surface area contributed by atoms with E-state index in [9.17, 15) is 5.11 Å². The van der Waals surface area contributed by atoms with E-state index in [0.717, 1.165) is 12.1 Å². The Bertz CT molecular complexity index is 432. The number of benzene rings is 1. The number of hydrogen-bond donors (Lipinski definition) is 2. The van der Waals surface area contributed by atoms with Gasteiger partial charge in [-0.05, 0) is 30.9 Å². The molecule has 0 aromatic heterocycles. The second kappa shape index (κ2) is 8.76. The molecule has 2 unspecified atom stereocenters. The van der Waals surface area contributed by atoms with Gasteiger partial charge < -0.3 is 10.4 Å². The van der Waals surface area contributed by atoms with Crippen molar-refractivity contribution in [2.24, 2.45) is 0 Å². The molecule has 0 amide bonds. The van der Waals surface area contributed by atoms with Crippen molar-refractivity contribution in [1.29, 1.82) is 5.26 Å². The molecule has 0 saturated heterocycles. The molecule has 0 heterocycles. The highest BCUT2D eigenvalue weighted by Crippen LogP contribution is 2.10. The summed E-state index contributed by atoms with van der Waals surface area (Å²) in [6.07, 6.45) is 6.08. The van der Waals surface area contributed by atoms with E-state index in [2.05, 4.69) is 18.3 Å². The first-order chi connectivity index (χ1) is 9.21. The summed E-state index contributed by atoms with van der Waals surface area (Å²) >= 11 is 1.67. The van der Waals surface area contributed by atoms with Crippen molar-refractivity contribution in [2.45, 2.75) is 18.2 Å². The molecule has 1 aromatic rings. The lowest BCUT2D eigenvalue weighted by atomic mass is 10.1. The maximum Gasteiger partial charge on any atom is 0.0991 e. The molecular formula is C15H20N2OS. The van der Waals surface area contributed by atoms with Crippen LogP contribution in [0, 0.1) is 11.3 Å². The zero-order chi connectivity index (χ0) is 14.1. The molecule has 102 valence electrons. The van der Waals surface area contributed by atoms with Gasteiger partial charge >= 0.3 is 0 Å². The Morgan fingerprint density at radius 2 is 2.11 bits per heavy atom. The predicted octanol–water partition coefficient (Wildman–Crippen LogP) is 2.27. The molecule has 0 fully saturated rings. The lowest BCUT2D eigenvalue weighted by Gasteiger charge is -2.20. The molecule has 2 N–H and O–H groups in total. The number of nitrogens with zero attached hydrogens (tertiary/aromatic N) is 1. The Balaban J connectivity index is 2.39. The maximum atomic E-state index is 9.18. The Labute approximate surface area is 119 Å². The number of rotatable bonds is 7. The first-order valence-corrected chi connectivity index (χ1v) is 7.53. The van der Waals surface area contributed by atoms with Crippen LogP contribution in [0.2, 0.25) is 0 Å². The van der Waals surface area contributed by atoms with Crippen molar-refractivity contribution in [3.8, 4) is 6.07 Å². The van der Waals surface area contributed by atoms with Crippen molar-refractivity contribution >= 4 is 17.8 Å². The molecule has 1 aromatic carbocycles. The smallest absolute Gasteiger partial charge is 0.0991 e. The highest BCUT2D eigenvalue weighted by Gasteiger charge is 2.13. The van der Waals surface area contributed by atoms with Gasteiger partial charge in [0.2, 0.25) is 0 Å². The molecule has 0 bridgehead atoms. The van der Waals surface area contributed by atoms with Crippen molar-refractivity contribution in [3.63, 3.8) is 0 Å². The summed E-state index contributed by atoms with van der Waals surface area (Å²) in [6.45, 7) is 3.03. The van der Waals surface area contributed by atoms with Gasteiger partial charge in [0.05, 0.1) is 18.2 Å². The van der Waals surface area contributed by atoms with Gasteiger partial charge in [-0.3, -0.25) is 0 Å². The third kappa shape index (κ3) is 5.48. The summed E-state index contributed by atoms with van der Waals surface area (Å²) in [6, 6.07) is 9.84. The summed E-state index contributed by atoms with van der Waals surface area (Å²) in [5.41, 5.74) is 1.76. The lowest BCUT2D eigenvalue weighted by Crippen LogP contribution is -2.37. The third-order valence-electron chi connectivity index (χ3n) is 2.95. The SMILES string of the molecule is CSC(CO)C(C)NC/C=C/c1ccc(C#N)cc1. The minimum Gasteiger partial charge on any atom is -0.395 e. The fourth-order valence-electron chi connectivity index (χ4n) is 1.69. The van der Waals surface area contributed by atoms with Crippen molar-refractivity contribution < 1.29 is 5.11 Å². The van der Waals surface area contributed by atoms with Gasteiger partial charge in [-0.2, -0.15) is 17.0 Å². The predicted molar refractivity (Wildman–Crippen MR) is 82.0 cm³/mol. The Hall–Kier alpha value is -1.28. The van der Waals surface area contributed by atoms with E-state index in [4.69, 9.17) is 5.26 Å². The van der Waals surface area contributed by atoms with Crippen molar-refractivity contribution in [3.05, 3.63) is 41.5 Å². The third-order valence-corrected chi connectivity index (χ3v) is 4.11. The molecule has 0 aliphatic carbocycles. The van der Waals surface area contributed by atoms with Gasteiger partial charge in [-0.25, -0.2) is 0 Å². The quantitative estimate of drug-likeness (QED) is 0.802. The molecule has 4 heteroatoms. The molecule has 19 heavy (non-hydrogen) atoms. The van der Waals surface area contributed by atoms with Crippen LogP contribution in [0.3, 0.4) is 0 Å². The average Bonchev–Trinajstić information content (AvgIpc) is 2.45. The van der Waals surface area contributed by atoms with E-state index < -0.39 is 0 Å². The number of nitrogens with one attached hydrogen (secondary N) is 1. The van der Waals surface area contributed by atoms with E-state index in [1.165, 1.54) is 0 Å². The molecule has 0 aliphatic rings. The lowest BCUT2D eigenvalue weighted by molar-refractivity contribution is 0.277. The second-order valence-electron chi connectivity index (χ2n) is 4.29. The highest BCUT2D eigenvalue weighted by atomic mass is 32.2. The van der Waals surface area contributed by atoms with Gasteiger partial charge in [-0.1, -0.05) is 24.3 Å². The summed E-state index contributed by atoms with van der Waals surface area (Å²) in [5, 5.41) is 21.5. The number of thioether (sulfide) groups is 1. The topological polar surface area (TPSA) is 56.0 Å². The van der Waals surface area contributed by atoms with Crippen LogP contribution in [-0.2, 0) is 0 Å². The van der Waals surface area contributed by atoms with Gasteiger partial charge in [0.25, 0.3) is 0 Å². The fourth-order valence-corrected chi connectivity index (χ4v) is 2.34. The summed E-state index contributed by atoms with van der Waals surface area (Å²) in [5.74, 6) is 0. The summed E-state index contributed by atoms with van der Waals surface area (Å²) in [4.78, 5) is 0. The maximum absolute atomic E-state index is 9.18. The van der Waals surface area contributed by atoms with E-state index in [1.54, 1.807) is 11.8 Å². The van der Waals surface area contributed by atoms with Crippen LogP contribution in [0.4, 0.5) is 0 Å². The monoisotopic (exact) mass is 276 g/mol. The number of aliphatic hydroxyl groups excluding tert-OH is 1. The molecule has 0 spiro atoms. The van der Waals surface area contributed by atoms with E-state index in [0.29, 0.717) is 5.56 Å². The minimum absolute atomic E-state index is 0.189. The largest absolute Gasteiger partial charge is 0.395 e. The van der Waals surface area contributed by atoms with Gasteiger partial charge in [-0.15, -0.1) is 0 Å². The van der Waals surface area contributed by atoms with Crippen LogP contribution in [0.25, 0.3) is 6.08 Å². The summed E-state index contributed by atoms with van der Waals surface area (Å²) < 4.78 is 0. The molecule has 2 atom stereocenters. The van der Waals surface area contributed by atoms with Crippen molar-refractivity contribution in [1.82, 2.24) is 5.32 Å². The average molecular weight is 276 g/mol. The standard InChI is InChI=1S/C15H20N2OS/c1-12(15(11-18)19-2)17-9-3-4-13-5-7-14(10-16)8-6-13/h3-8,12,15,17-18H,9,11H2,1-2H3/b4-3+. The number of hydrogen-bond acceptors (Lipinski definition) is 4. The van der Waals surface area contributed by atoms with Gasteiger partial charge in [0.15, 0.2) is 0 Å². The normalized spacial score (nSPS) is 14.2. The van der Waals surface area contributed by atoms with Crippen LogP contribution in [-0.4, -0.2) is 35.8 Å². The van der Waals surface area contributed by atoms with E-state index in [-0.39, 0.29) is 17.9 Å². The molecule has 0 radical (unpaired) electrons. The Morgan fingerprint density at radius 3 is 2.63 bits per heavy atom. The zero-order valence-corrected chi connectivity index (χ0v) is 12.2. The number of nitriles is 1. The van der Waals surface area contributed by atoms with Crippen LogP contribution in [0.5, 0.6) is 0 Å². The first kappa shape index (κ1) is 15.8. The van der Waals surface area contributed by atoms with Gasteiger partial charge in [0, 0.05) is 17.8 Å². The van der Waals surface area contributed by atoms with Crippen LogP contribution >= 0.6 is 11.8 Å². The molecule has 3 nitrogen and oxygen atoms in total. The van der Waals surface area contributed by atoms with Crippen LogP contribution < -0.4 is 5.32 Å². The van der Waals surface area contributed by atoms with Crippen LogP contribution in [0.15, 0.2) is 30.3 Å². The Morgan fingerprint density at radius 1 is 1.42 bits per heavy atom. The zero-order valence-electron chi connectivity index (χ0n) is 11.3. The highest BCUT2D eigenvalue weighted by molar-refractivity contribution is 7.99. The van der Waals surface area contributed by atoms with E-state index in [1.807, 2.05) is 42.7 Å². The molecule has 0 saturated carbocycles. The van der Waals surface area contributed by atoms with Gasteiger partial charge in [0.1, 0.15) is 0 Å². The molecule has 0 aliphatic heterocycles. The molecular weight excluding hydrogens is 256 g/mol. The van der Waals surface area contributed by atoms with Crippen molar-refractivity contribution in [2.75, 3.05) is 19.4 Å². The van der Waals surface area contributed by atoms with Crippen LogP contribution in [0.1, 0.15) is 18.1 Å². The summed E-state index contributed by atoms with van der Waals surface area (Å²) in [7, 11) is 0. The van der Waals surface area contributed by atoms with E-state index >= 15 is 0 Å². The minimum atomic E-state index is 0.189. The molecule has 1 rings (SSSR count). The number of aliphatic hydroxyl groups is 1.